The summed E-state index contributed by atoms with van der Waals surface area (Å²) in [6.07, 6.45) is 7.75. The van der Waals surface area contributed by atoms with E-state index < -0.39 is 11.2 Å². The molecule has 3 aromatic rings. The van der Waals surface area contributed by atoms with E-state index in [9.17, 15) is 14.4 Å². The summed E-state index contributed by atoms with van der Waals surface area (Å²) in [6.45, 7) is 2.43. The van der Waals surface area contributed by atoms with Gasteiger partial charge in [-0.3, -0.25) is 19.1 Å². The maximum atomic E-state index is 14.3. The number of H-pyrrole nitrogens is 1. The number of hydrogen-bond acceptors (Lipinski definition) is 4. The molecule has 2 fully saturated rings. The third-order valence-corrected chi connectivity index (χ3v) is 7.49. The summed E-state index contributed by atoms with van der Waals surface area (Å²) in [4.78, 5) is 49.3. The first kappa shape index (κ1) is 21.3. The van der Waals surface area contributed by atoms with Gasteiger partial charge in [-0.05, 0) is 68.6 Å². The van der Waals surface area contributed by atoms with Crippen molar-refractivity contribution in [1.82, 2.24) is 19.4 Å². The number of aryl methyl sites for hydroxylation is 2. The van der Waals surface area contributed by atoms with Gasteiger partial charge in [-0.25, -0.2) is 9.78 Å². The topological polar surface area (TPSA) is 88.1 Å². The number of carbonyl (C=O) groups excluding carboxylic acids is 1. The van der Waals surface area contributed by atoms with Crippen LogP contribution in [0.3, 0.4) is 0 Å². The average Bonchev–Trinajstić information content (AvgIpc) is 3.75. The van der Waals surface area contributed by atoms with Gasteiger partial charge in [0.2, 0.25) is 0 Å². The Morgan fingerprint density at radius 2 is 1.94 bits per heavy atom. The Labute approximate surface area is 197 Å². The zero-order valence-corrected chi connectivity index (χ0v) is 19.5. The second kappa shape index (κ2) is 8.22. The Kier molecular flexibility index (Phi) is 5.15. The molecule has 0 aliphatic heterocycles. The van der Waals surface area contributed by atoms with E-state index in [1.807, 2.05) is 24.0 Å². The summed E-state index contributed by atoms with van der Waals surface area (Å²) >= 11 is 0. The molecule has 7 heteroatoms. The molecule has 6 rings (SSSR count). The van der Waals surface area contributed by atoms with Crippen LogP contribution in [0, 0.1) is 0 Å². The van der Waals surface area contributed by atoms with E-state index in [1.54, 1.807) is 0 Å². The average molecular weight is 459 g/mol. The Hall–Kier alpha value is -3.22. The zero-order chi connectivity index (χ0) is 23.4. The van der Waals surface area contributed by atoms with E-state index >= 15 is 0 Å². The number of amides is 1. The first-order chi connectivity index (χ1) is 16.6. The molecule has 7 nitrogen and oxygen atoms in total. The monoisotopic (exact) mass is 458 g/mol. The highest BCUT2D eigenvalue weighted by molar-refractivity contribution is 6.05. The molecule has 0 radical (unpaired) electrons. The van der Waals surface area contributed by atoms with Crippen LogP contribution < -0.4 is 11.2 Å². The van der Waals surface area contributed by atoms with Gasteiger partial charge in [0.05, 0.1) is 17.0 Å². The maximum Gasteiger partial charge on any atom is 0.329 e. The summed E-state index contributed by atoms with van der Waals surface area (Å²) in [5, 5.41) is 0.247. The summed E-state index contributed by atoms with van der Waals surface area (Å²) < 4.78 is 1.52. The van der Waals surface area contributed by atoms with Crippen molar-refractivity contribution in [3.63, 3.8) is 0 Å². The molecule has 34 heavy (non-hydrogen) atoms. The minimum Gasteiger partial charge on any atom is -0.329 e. The van der Waals surface area contributed by atoms with Crippen molar-refractivity contribution in [3.05, 3.63) is 73.6 Å². The molecular formula is C27H30N4O3. The van der Waals surface area contributed by atoms with Gasteiger partial charge in [-0.1, -0.05) is 31.2 Å². The van der Waals surface area contributed by atoms with Crippen LogP contribution in [-0.4, -0.2) is 31.4 Å². The predicted octanol–water partition coefficient (Wildman–Crippen LogP) is 4.05. The quantitative estimate of drug-likeness (QED) is 0.604. The van der Waals surface area contributed by atoms with E-state index in [4.69, 9.17) is 4.98 Å². The Morgan fingerprint density at radius 1 is 1.15 bits per heavy atom. The molecule has 2 aromatic heterocycles. The van der Waals surface area contributed by atoms with E-state index in [0.29, 0.717) is 23.7 Å². The van der Waals surface area contributed by atoms with Gasteiger partial charge >= 0.3 is 5.69 Å². The van der Waals surface area contributed by atoms with Crippen LogP contribution >= 0.6 is 0 Å². The van der Waals surface area contributed by atoms with Crippen molar-refractivity contribution in [3.8, 4) is 0 Å². The fourth-order valence-electron chi connectivity index (χ4n) is 5.55. The predicted molar refractivity (Wildman–Crippen MR) is 130 cm³/mol. The minimum absolute atomic E-state index is 0.0122. The first-order valence-electron chi connectivity index (χ1n) is 12.6. The van der Waals surface area contributed by atoms with Gasteiger partial charge in [0.1, 0.15) is 0 Å². The largest absolute Gasteiger partial charge is 0.329 e. The molecule has 2 saturated carbocycles. The Morgan fingerprint density at radius 3 is 2.68 bits per heavy atom. The molecule has 1 N–H and O–H groups in total. The molecule has 0 spiro atoms. The van der Waals surface area contributed by atoms with Crippen molar-refractivity contribution in [1.29, 1.82) is 0 Å². The van der Waals surface area contributed by atoms with Crippen LogP contribution in [0.25, 0.3) is 11.0 Å². The van der Waals surface area contributed by atoms with Crippen LogP contribution in [0.5, 0.6) is 0 Å². The Bertz CT molecular complexity index is 1400. The van der Waals surface area contributed by atoms with Crippen molar-refractivity contribution in [2.75, 3.05) is 0 Å². The van der Waals surface area contributed by atoms with E-state index in [0.717, 1.165) is 57.1 Å². The number of nitrogens with one attached hydrogen (secondary N) is 1. The van der Waals surface area contributed by atoms with Gasteiger partial charge in [0.15, 0.2) is 5.65 Å². The summed E-state index contributed by atoms with van der Waals surface area (Å²) in [5.41, 5.74) is 3.13. The number of carbonyl (C=O) groups is 1. The second-order valence-corrected chi connectivity index (χ2v) is 10.0. The smallest absolute Gasteiger partial charge is 0.329 e. The van der Waals surface area contributed by atoms with Gasteiger partial charge in [0, 0.05) is 24.2 Å². The number of pyridine rings is 1. The third kappa shape index (κ3) is 3.58. The van der Waals surface area contributed by atoms with Crippen LogP contribution in [0.15, 0.2) is 39.9 Å². The molecule has 176 valence electrons. The number of aromatic nitrogens is 3. The van der Waals surface area contributed by atoms with Crippen molar-refractivity contribution in [2.45, 2.75) is 82.8 Å². The lowest BCUT2D eigenvalue weighted by Crippen LogP contribution is -2.40. The van der Waals surface area contributed by atoms with Gasteiger partial charge in [-0.2, -0.15) is 0 Å². The summed E-state index contributed by atoms with van der Waals surface area (Å²) in [7, 11) is 0. The van der Waals surface area contributed by atoms with Crippen molar-refractivity contribution in [2.24, 2.45) is 0 Å². The van der Waals surface area contributed by atoms with Crippen LogP contribution in [0.4, 0.5) is 0 Å². The zero-order valence-electron chi connectivity index (χ0n) is 19.5. The highest BCUT2D eigenvalue weighted by atomic mass is 16.2. The second-order valence-electron chi connectivity index (χ2n) is 10.0. The van der Waals surface area contributed by atoms with Crippen molar-refractivity contribution >= 4 is 16.9 Å². The van der Waals surface area contributed by atoms with Crippen LogP contribution in [0.1, 0.15) is 91.0 Å². The molecule has 1 unspecified atom stereocenters. The molecule has 1 aromatic carbocycles. The molecule has 1 amide bonds. The molecule has 0 bridgehead atoms. The van der Waals surface area contributed by atoms with E-state index in [-0.39, 0.29) is 23.4 Å². The lowest BCUT2D eigenvalue weighted by atomic mass is 9.86. The maximum absolute atomic E-state index is 14.3. The lowest BCUT2D eigenvalue weighted by Gasteiger charge is -2.36. The fraction of sp³-hybridized carbons (Fsp3) is 0.481. The fourth-order valence-corrected chi connectivity index (χ4v) is 5.55. The first-order valence-corrected chi connectivity index (χ1v) is 12.6. The number of benzene rings is 1. The normalized spacial score (nSPS) is 19.7. The number of aromatic amines is 1. The van der Waals surface area contributed by atoms with Gasteiger partial charge < -0.3 is 4.90 Å². The highest BCUT2D eigenvalue weighted by Gasteiger charge is 2.41. The third-order valence-electron chi connectivity index (χ3n) is 7.49. The Balaban J connectivity index is 1.54. The minimum atomic E-state index is -0.523. The van der Waals surface area contributed by atoms with E-state index in [2.05, 4.69) is 23.2 Å². The molecule has 0 saturated heterocycles. The number of hydrogen-bond donors (Lipinski definition) is 1. The summed E-state index contributed by atoms with van der Waals surface area (Å²) in [6, 6.07) is 10.5. The number of nitrogens with zero attached hydrogens (tertiary/aromatic N) is 3. The van der Waals surface area contributed by atoms with Crippen molar-refractivity contribution < 1.29 is 4.79 Å². The van der Waals surface area contributed by atoms with Crippen LogP contribution in [-0.2, 0) is 13.0 Å². The molecule has 1 atom stereocenters. The highest BCUT2D eigenvalue weighted by Crippen LogP contribution is 2.43. The van der Waals surface area contributed by atoms with Crippen LogP contribution in [0.2, 0.25) is 0 Å². The number of fused-ring (bicyclic) bond motifs is 2. The summed E-state index contributed by atoms with van der Waals surface area (Å²) in [5.74, 6) is 0.191. The molecule has 2 heterocycles. The molecule has 3 aliphatic rings. The van der Waals surface area contributed by atoms with Gasteiger partial charge in [0.25, 0.3) is 11.5 Å². The van der Waals surface area contributed by atoms with E-state index in [1.165, 1.54) is 15.7 Å². The molecular weight excluding hydrogens is 428 g/mol. The molecule has 3 aliphatic carbocycles. The number of rotatable bonds is 6. The standard InChI is InChI=1S/C27H30N4O3/c1-2-14-30-24-23(25(32)29-27(30)34)20(15-21(28-24)17-10-11-17)26(33)31(18-12-13-18)22-9-5-7-16-6-3-4-8-19(16)22/h3-4,6,8,15,17-18,22H,2,5,7,9-14H2,1H3,(H,29,32,34). The lowest BCUT2D eigenvalue weighted by molar-refractivity contribution is 0.0639. The van der Waals surface area contributed by atoms with Gasteiger partial charge in [-0.15, -0.1) is 0 Å². The SMILES string of the molecule is CCCn1c(=O)[nH]c(=O)c2c(C(=O)N(C3CC3)C3CCCc4ccccc43)cc(C3CC3)nc21.